The van der Waals surface area contributed by atoms with Gasteiger partial charge in [-0.3, -0.25) is 4.57 Å². The van der Waals surface area contributed by atoms with E-state index in [9.17, 15) is 0 Å². The van der Waals surface area contributed by atoms with Gasteiger partial charge in [0, 0.05) is 38.5 Å². The van der Waals surface area contributed by atoms with E-state index >= 15 is 0 Å². The van der Waals surface area contributed by atoms with Crippen LogP contribution >= 0.6 is 0 Å². The van der Waals surface area contributed by atoms with Crippen molar-refractivity contribution in [3.05, 3.63) is 253 Å². The summed E-state index contributed by atoms with van der Waals surface area (Å²) in [5.41, 5.74) is 21.0. The molecule has 0 atom stereocenters. The normalized spacial score (nSPS) is 13.3. The van der Waals surface area contributed by atoms with E-state index in [0.29, 0.717) is 0 Å². The number of imidazole rings is 1. The Hall–Kier alpha value is -8.73. The zero-order chi connectivity index (χ0) is 43.1. The molecule has 1 aliphatic carbocycles. The summed E-state index contributed by atoms with van der Waals surface area (Å²) < 4.78 is 7.28. The first-order valence-corrected chi connectivity index (χ1v) is 22.8. The monoisotopic (exact) mass is 838 g/mol. The zero-order valence-electron chi connectivity index (χ0n) is 35.7. The fourth-order valence-electron chi connectivity index (χ4n) is 11.9. The molecule has 3 aromatic heterocycles. The third-order valence-electron chi connectivity index (χ3n) is 14.6. The maximum atomic E-state index is 5.55. The molecule has 2 aliphatic rings. The van der Waals surface area contributed by atoms with Gasteiger partial charge in [0.1, 0.15) is 11.2 Å². The van der Waals surface area contributed by atoms with Crippen LogP contribution in [0.25, 0.3) is 105 Å². The Morgan fingerprint density at radius 2 is 0.758 bits per heavy atom. The molecular weight excluding hydrogens is 801 g/mol. The summed E-state index contributed by atoms with van der Waals surface area (Å²) >= 11 is 0. The van der Waals surface area contributed by atoms with Gasteiger partial charge < -0.3 is 9.13 Å². The summed E-state index contributed by atoms with van der Waals surface area (Å²) in [6, 6.07) is 84.8. The van der Waals surface area contributed by atoms with Crippen molar-refractivity contribution >= 4 is 54.6 Å². The van der Waals surface area contributed by atoms with Crippen molar-refractivity contribution in [2.24, 2.45) is 0 Å². The third kappa shape index (κ3) is 4.59. The van der Waals surface area contributed by atoms with E-state index in [0.717, 1.165) is 28.2 Å². The molecule has 0 unspecified atom stereocenters. The first-order chi connectivity index (χ1) is 32.8. The average molecular weight is 839 g/mol. The van der Waals surface area contributed by atoms with Crippen molar-refractivity contribution < 1.29 is 0 Å². The number of para-hydroxylation sites is 6. The summed E-state index contributed by atoms with van der Waals surface area (Å²) in [5.74, 6) is 1.05. The van der Waals surface area contributed by atoms with E-state index in [2.05, 4.69) is 244 Å². The molecule has 0 bridgehead atoms. The second-order valence-electron chi connectivity index (χ2n) is 17.9. The van der Waals surface area contributed by atoms with Gasteiger partial charge in [0.25, 0.3) is 0 Å². The Labute approximate surface area is 380 Å². The Morgan fingerprint density at radius 3 is 1.39 bits per heavy atom. The van der Waals surface area contributed by atoms with Crippen LogP contribution in [-0.2, 0) is 5.41 Å². The second kappa shape index (κ2) is 13.2. The molecule has 4 nitrogen and oxygen atoms in total. The minimum absolute atomic E-state index is 0.561. The highest BCUT2D eigenvalue weighted by atomic mass is 15.1. The van der Waals surface area contributed by atoms with Crippen LogP contribution in [0.4, 0.5) is 0 Å². The van der Waals surface area contributed by atoms with Crippen LogP contribution in [-0.4, -0.2) is 18.7 Å². The average Bonchev–Trinajstić information content (AvgIpc) is 4.17. The highest BCUT2D eigenvalue weighted by Gasteiger charge is 2.54. The number of hydrogen-bond acceptors (Lipinski definition) is 1. The molecular formula is C62H38N4. The van der Waals surface area contributed by atoms with Crippen molar-refractivity contribution in [3.63, 3.8) is 0 Å². The minimum atomic E-state index is -0.561. The topological polar surface area (TPSA) is 27.7 Å². The molecule has 13 aromatic rings. The lowest BCUT2D eigenvalue weighted by Gasteiger charge is -2.27. The first-order valence-electron chi connectivity index (χ1n) is 22.8. The smallest absolute Gasteiger partial charge is 0.134 e. The fourth-order valence-corrected chi connectivity index (χ4v) is 11.9. The lowest BCUT2D eigenvalue weighted by atomic mass is 9.72. The van der Waals surface area contributed by atoms with E-state index in [1.54, 1.807) is 0 Å². The quantitative estimate of drug-likeness (QED) is 0.173. The van der Waals surface area contributed by atoms with Crippen LogP contribution in [0.2, 0.25) is 0 Å². The Bertz CT molecular complexity index is 4120. The van der Waals surface area contributed by atoms with Crippen molar-refractivity contribution in [2.75, 3.05) is 0 Å². The van der Waals surface area contributed by atoms with Gasteiger partial charge in [-0.2, -0.15) is 0 Å². The lowest BCUT2D eigenvalue weighted by Crippen LogP contribution is -2.27. The largest absolute Gasteiger partial charge is 0.309 e. The molecule has 0 fully saturated rings. The van der Waals surface area contributed by atoms with Crippen LogP contribution in [0.15, 0.2) is 231 Å². The summed E-state index contributed by atoms with van der Waals surface area (Å²) in [4.78, 5) is 5.55. The molecule has 0 saturated carbocycles. The maximum Gasteiger partial charge on any atom is 0.134 e. The molecule has 4 heteroatoms. The minimum Gasteiger partial charge on any atom is -0.309 e. The van der Waals surface area contributed by atoms with Gasteiger partial charge in [-0.1, -0.05) is 152 Å². The number of aromatic nitrogens is 4. The van der Waals surface area contributed by atoms with Crippen LogP contribution in [0.1, 0.15) is 22.5 Å². The van der Waals surface area contributed by atoms with Crippen molar-refractivity contribution in [1.82, 2.24) is 18.7 Å². The predicted molar refractivity (Wildman–Crippen MR) is 271 cm³/mol. The van der Waals surface area contributed by atoms with Crippen molar-refractivity contribution in [1.29, 1.82) is 0 Å². The third-order valence-corrected chi connectivity index (χ3v) is 14.6. The van der Waals surface area contributed by atoms with E-state index in [-0.39, 0.29) is 0 Å². The van der Waals surface area contributed by atoms with E-state index in [4.69, 9.17) is 4.98 Å². The van der Waals surface area contributed by atoms with E-state index in [1.165, 1.54) is 99.4 Å². The van der Waals surface area contributed by atoms with Gasteiger partial charge in [0.05, 0.1) is 38.8 Å². The fraction of sp³-hybridized carbons (Fsp3) is 0.0161. The molecule has 0 amide bonds. The number of fused-ring (bicyclic) bond motifs is 18. The Kier molecular flexibility index (Phi) is 7.12. The molecule has 0 radical (unpaired) electrons. The van der Waals surface area contributed by atoms with Crippen LogP contribution in [0.5, 0.6) is 0 Å². The van der Waals surface area contributed by atoms with E-state index < -0.39 is 5.41 Å². The number of hydrogen-bond donors (Lipinski definition) is 0. The van der Waals surface area contributed by atoms with Crippen LogP contribution in [0.3, 0.4) is 0 Å². The van der Waals surface area contributed by atoms with Gasteiger partial charge in [-0.25, -0.2) is 4.98 Å². The van der Waals surface area contributed by atoms with Gasteiger partial charge in [0.15, 0.2) is 0 Å². The van der Waals surface area contributed by atoms with Gasteiger partial charge in [0.2, 0.25) is 0 Å². The molecule has 15 rings (SSSR count). The van der Waals surface area contributed by atoms with E-state index in [1.807, 2.05) is 0 Å². The molecule has 0 N–H and O–H groups in total. The molecule has 306 valence electrons. The Morgan fingerprint density at radius 1 is 0.303 bits per heavy atom. The molecule has 1 aliphatic heterocycles. The highest BCUT2D eigenvalue weighted by molar-refractivity contribution is 6.13. The number of nitrogens with zero attached hydrogens (tertiary/aromatic N) is 4. The summed E-state index contributed by atoms with van der Waals surface area (Å²) in [6.45, 7) is 0. The molecule has 4 heterocycles. The summed E-state index contributed by atoms with van der Waals surface area (Å²) in [7, 11) is 0. The van der Waals surface area contributed by atoms with Crippen molar-refractivity contribution in [3.8, 4) is 50.4 Å². The van der Waals surface area contributed by atoms with Crippen LogP contribution in [0, 0.1) is 0 Å². The molecule has 10 aromatic carbocycles. The summed E-state index contributed by atoms with van der Waals surface area (Å²) in [5, 5.41) is 4.93. The number of benzene rings is 10. The van der Waals surface area contributed by atoms with Crippen LogP contribution < -0.4 is 0 Å². The van der Waals surface area contributed by atoms with Gasteiger partial charge in [-0.05, 0) is 123 Å². The Balaban J connectivity index is 0.974. The standard InChI is InChI=1S/C62H38N4/c1-3-16-42(17-4-1)64-55-28-13-9-22-47(55)48-36-39(30-33-56(48)64)40-31-34-57-49(37-40)50-38-41(32-35-58(50)65(57)43-18-5-2-6-19-43)44-23-15-26-53-60(44)66-59-29-14-12-27-54(59)63-61(66)62(53)51-24-10-7-20-45(51)46-21-8-11-25-52(46)62/h1-38H. The predicted octanol–water partition coefficient (Wildman–Crippen LogP) is 15.2. The molecule has 1 spiro atoms. The van der Waals surface area contributed by atoms with Gasteiger partial charge >= 0.3 is 0 Å². The number of rotatable bonds is 4. The summed E-state index contributed by atoms with van der Waals surface area (Å²) in [6.07, 6.45) is 0. The molecule has 0 saturated heterocycles. The zero-order valence-corrected chi connectivity index (χ0v) is 35.7. The van der Waals surface area contributed by atoms with Crippen molar-refractivity contribution in [2.45, 2.75) is 5.41 Å². The first kappa shape index (κ1) is 35.7. The highest BCUT2D eigenvalue weighted by Crippen LogP contribution is 2.61. The lowest BCUT2D eigenvalue weighted by molar-refractivity contribution is 0.738. The SMILES string of the molecule is c1ccc(-n2c3ccccc3c3cc(-c4ccc5c(c4)c4cc(-c6cccc7c6-n6c(nc8ccccc86)C76c7ccccc7-c7ccccc76)ccc4n5-c4ccccc4)ccc32)cc1. The second-order valence-corrected chi connectivity index (χ2v) is 17.9. The maximum absolute atomic E-state index is 5.55. The van der Waals surface area contributed by atoms with Gasteiger partial charge in [-0.15, -0.1) is 0 Å². The molecule has 66 heavy (non-hydrogen) atoms.